The van der Waals surface area contributed by atoms with E-state index in [2.05, 4.69) is 9.97 Å². The Hall–Kier alpha value is -2.30. The van der Waals surface area contributed by atoms with Crippen molar-refractivity contribution in [3.05, 3.63) is 52.2 Å². The summed E-state index contributed by atoms with van der Waals surface area (Å²) >= 11 is 0. The van der Waals surface area contributed by atoms with Crippen LogP contribution in [0.25, 0.3) is 0 Å². The maximum Gasteiger partial charge on any atom is 0.250 e. The van der Waals surface area contributed by atoms with Gasteiger partial charge in [-0.1, -0.05) is 6.07 Å². The lowest BCUT2D eigenvalue weighted by atomic mass is 10.1. The molecular formula is C13H15N3O2. The van der Waals surface area contributed by atoms with Gasteiger partial charge in [0.25, 0.3) is 5.56 Å². The number of methoxy groups -OCH3 is 1. The van der Waals surface area contributed by atoms with E-state index in [0.29, 0.717) is 23.7 Å². The molecule has 18 heavy (non-hydrogen) atoms. The first-order valence-corrected chi connectivity index (χ1v) is 5.65. The minimum Gasteiger partial charge on any atom is -0.495 e. The average molecular weight is 245 g/mol. The Kier molecular flexibility index (Phi) is 3.62. The number of rotatable bonds is 4. The minimum absolute atomic E-state index is 0.130. The van der Waals surface area contributed by atoms with Crippen molar-refractivity contribution in [2.75, 3.05) is 12.8 Å². The molecule has 94 valence electrons. The molecule has 0 aliphatic rings. The molecule has 1 aromatic carbocycles. The standard InChI is InChI=1S/C13H15N3O2/c1-18-11-4-2-9(8-10(11)14)3-5-12-15-7-6-13(17)16-12/h2,4,6-8H,3,5,14H2,1H3,(H,15,16,17). The number of nitrogens with two attached hydrogens (primary N) is 1. The summed E-state index contributed by atoms with van der Waals surface area (Å²) < 4.78 is 5.09. The highest BCUT2D eigenvalue weighted by atomic mass is 16.5. The second kappa shape index (κ2) is 5.35. The molecule has 0 unspecified atom stereocenters. The van der Waals surface area contributed by atoms with Crippen molar-refractivity contribution in [3.63, 3.8) is 0 Å². The summed E-state index contributed by atoms with van der Waals surface area (Å²) in [7, 11) is 1.59. The number of hydrogen-bond donors (Lipinski definition) is 2. The van der Waals surface area contributed by atoms with Gasteiger partial charge in [0, 0.05) is 18.7 Å². The van der Waals surface area contributed by atoms with Gasteiger partial charge in [0.05, 0.1) is 12.8 Å². The summed E-state index contributed by atoms with van der Waals surface area (Å²) in [6, 6.07) is 7.07. The molecule has 0 radical (unpaired) electrons. The van der Waals surface area contributed by atoms with Crippen LogP contribution in [0, 0.1) is 0 Å². The van der Waals surface area contributed by atoms with Gasteiger partial charge in [0.15, 0.2) is 0 Å². The van der Waals surface area contributed by atoms with Gasteiger partial charge in [-0.05, 0) is 24.1 Å². The lowest BCUT2D eigenvalue weighted by Crippen LogP contribution is -2.09. The SMILES string of the molecule is COc1ccc(CCc2nccc(=O)[nH]2)cc1N. The highest BCUT2D eigenvalue weighted by molar-refractivity contribution is 5.54. The van der Waals surface area contributed by atoms with E-state index < -0.39 is 0 Å². The molecule has 0 spiro atoms. The Morgan fingerprint density at radius 1 is 1.33 bits per heavy atom. The molecule has 1 heterocycles. The van der Waals surface area contributed by atoms with Crippen LogP contribution in [-0.2, 0) is 12.8 Å². The normalized spacial score (nSPS) is 10.3. The van der Waals surface area contributed by atoms with E-state index in [1.54, 1.807) is 7.11 Å². The fourth-order valence-corrected chi connectivity index (χ4v) is 1.74. The zero-order valence-corrected chi connectivity index (χ0v) is 10.1. The minimum atomic E-state index is -0.130. The van der Waals surface area contributed by atoms with E-state index in [1.165, 1.54) is 12.3 Å². The van der Waals surface area contributed by atoms with Crippen LogP contribution < -0.4 is 16.0 Å². The first-order chi connectivity index (χ1) is 8.69. The van der Waals surface area contributed by atoms with E-state index in [9.17, 15) is 4.79 Å². The Morgan fingerprint density at radius 3 is 2.83 bits per heavy atom. The lowest BCUT2D eigenvalue weighted by molar-refractivity contribution is 0.417. The van der Waals surface area contributed by atoms with Crippen LogP contribution in [0.1, 0.15) is 11.4 Å². The Balaban J connectivity index is 2.06. The van der Waals surface area contributed by atoms with Gasteiger partial charge in [0.1, 0.15) is 11.6 Å². The number of benzene rings is 1. The van der Waals surface area contributed by atoms with Crippen molar-refractivity contribution < 1.29 is 4.74 Å². The van der Waals surface area contributed by atoms with Crippen molar-refractivity contribution in [3.8, 4) is 5.75 Å². The molecule has 2 rings (SSSR count). The van der Waals surface area contributed by atoms with E-state index >= 15 is 0 Å². The predicted molar refractivity (Wildman–Crippen MR) is 69.7 cm³/mol. The summed E-state index contributed by atoms with van der Waals surface area (Å²) in [5.41, 5.74) is 7.39. The second-order valence-electron chi connectivity index (χ2n) is 3.96. The van der Waals surface area contributed by atoms with Crippen molar-refractivity contribution in [2.45, 2.75) is 12.8 Å². The monoisotopic (exact) mass is 245 g/mol. The van der Waals surface area contributed by atoms with E-state index in [0.717, 1.165) is 12.0 Å². The van der Waals surface area contributed by atoms with Gasteiger partial charge < -0.3 is 15.5 Å². The van der Waals surface area contributed by atoms with Crippen LogP contribution in [0.4, 0.5) is 5.69 Å². The number of nitrogens with one attached hydrogen (secondary N) is 1. The summed E-state index contributed by atoms with van der Waals surface area (Å²) in [5.74, 6) is 1.35. The largest absolute Gasteiger partial charge is 0.495 e. The van der Waals surface area contributed by atoms with Crippen molar-refractivity contribution >= 4 is 5.69 Å². The van der Waals surface area contributed by atoms with Crippen LogP contribution in [0.5, 0.6) is 5.75 Å². The fourth-order valence-electron chi connectivity index (χ4n) is 1.74. The molecule has 0 bridgehead atoms. The molecule has 0 atom stereocenters. The van der Waals surface area contributed by atoms with Gasteiger partial charge in [-0.2, -0.15) is 0 Å². The maximum atomic E-state index is 11.1. The van der Waals surface area contributed by atoms with Crippen molar-refractivity contribution in [1.29, 1.82) is 0 Å². The molecule has 0 saturated heterocycles. The highest BCUT2D eigenvalue weighted by Gasteiger charge is 2.02. The van der Waals surface area contributed by atoms with Crippen LogP contribution in [0.3, 0.4) is 0 Å². The van der Waals surface area contributed by atoms with E-state index in [4.69, 9.17) is 10.5 Å². The van der Waals surface area contributed by atoms with Gasteiger partial charge in [-0.25, -0.2) is 4.98 Å². The molecule has 0 amide bonds. The highest BCUT2D eigenvalue weighted by Crippen LogP contribution is 2.22. The molecule has 5 nitrogen and oxygen atoms in total. The zero-order chi connectivity index (χ0) is 13.0. The van der Waals surface area contributed by atoms with Crippen LogP contribution in [-0.4, -0.2) is 17.1 Å². The first-order valence-electron chi connectivity index (χ1n) is 5.65. The quantitative estimate of drug-likeness (QED) is 0.792. The van der Waals surface area contributed by atoms with Gasteiger partial charge in [0.2, 0.25) is 0 Å². The van der Waals surface area contributed by atoms with Crippen LogP contribution in [0.15, 0.2) is 35.3 Å². The second-order valence-corrected chi connectivity index (χ2v) is 3.96. The molecule has 1 aromatic heterocycles. The number of hydrogen-bond acceptors (Lipinski definition) is 4. The van der Waals surface area contributed by atoms with Gasteiger partial charge >= 0.3 is 0 Å². The molecule has 3 N–H and O–H groups in total. The number of nitrogens with zero attached hydrogens (tertiary/aromatic N) is 1. The first kappa shape index (κ1) is 12.2. The Bertz CT molecular complexity index is 593. The number of aromatic amines is 1. The third-order valence-electron chi connectivity index (χ3n) is 2.67. The molecule has 0 fully saturated rings. The number of ether oxygens (including phenoxy) is 1. The maximum absolute atomic E-state index is 11.1. The molecule has 2 aromatic rings. The van der Waals surface area contributed by atoms with Gasteiger partial charge in [-0.15, -0.1) is 0 Å². The third-order valence-corrected chi connectivity index (χ3v) is 2.67. The van der Waals surface area contributed by atoms with Crippen LogP contribution >= 0.6 is 0 Å². The lowest BCUT2D eigenvalue weighted by Gasteiger charge is -2.06. The summed E-state index contributed by atoms with van der Waals surface area (Å²) in [4.78, 5) is 17.9. The molecule has 0 saturated carbocycles. The van der Waals surface area contributed by atoms with Gasteiger partial charge in [-0.3, -0.25) is 4.79 Å². The van der Waals surface area contributed by atoms with E-state index in [1.807, 2.05) is 18.2 Å². The number of H-pyrrole nitrogens is 1. The topological polar surface area (TPSA) is 81.0 Å². The number of anilines is 1. The summed E-state index contributed by atoms with van der Waals surface area (Å²) in [6.45, 7) is 0. The number of aromatic nitrogens is 2. The molecular weight excluding hydrogens is 230 g/mol. The van der Waals surface area contributed by atoms with Crippen LogP contribution in [0.2, 0.25) is 0 Å². The number of nitrogen functional groups attached to an aromatic ring is 1. The molecule has 0 aliphatic heterocycles. The molecule has 0 aliphatic carbocycles. The smallest absolute Gasteiger partial charge is 0.250 e. The zero-order valence-electron chi connectivity index (χ0n) is 10.1. The third kappa shape index (κ3) is 2.88. The summed E-state index contributed by atoms with van der Waals surface area (Å²) in [6.07, 6.45) is 2.94. The summed E-state index contributed by atoms with van der Waals surface area (Å²) in [5, 5.41) is 0. The average Bonchev–Trinajstić information content (AvgIpc) is 2.37. The fraction of sp³-hybridized carbons (Fsp3) is 0.231. The Labute approximate surface area is 105 Å². The Morgan fingerprint density at radius 2 is 2.17 bits per heavy atom. The predicted octanol–water partition coefficient (Wildman–Crippen LogP) is 1.15. The van der Waals surface area contributed by atoms with Crippen molar-refractivity contribution in [2.24, 2.45) is 0 Å². The van der Waals surface area contributed by atoms with E-state index in [-0.39, 0.29) is 5.56 Å². The number of aryl methyl sites for hydroxylation is 2. The molecule has 5 heteroatoms. The van der Waals surface area contributed by atoms with Crippen molar-refractivity contribution in [1.82, 2.24) is 9.97 Å².